The van der Waals surface area contributed by atoms with Gasteiger partial charge in [-0.3, -0.25) is 5.32 Å². The number of aromatic nitrogens is 1. The largest absolute Gasteiger partial charge is 0.444 e. The number of anilines is 1. The molecule has 0 atom stereocenters. The van der Waals surface area contributed by atoms with Crippen molar-refractivity contribution < 1.29 is 14.4 Å². The van der Waals surface area contributed by atoms with Crippen LogP contribution in [0.3, 0.4) is 0 Å². The third kappa shape index (κ3) is 3.68. The van der Waals surface area contributed by atoms with Gasteiger partial charge in [0.05, 0.1) is 0 Å². The third-order valence-corrected chi connectivity index (χ3v) is 2.33. The van der Waals surface area contributed by atoms with E-state index in [9.17, 15) is 4.79 Å². The van der Waals surface area contributed by atoms with E-state index in [1.165, 1.54) is 6.20 Å². The normalized spacial score (nSPS) is 9.74. The predicted octanol–water partition coefficient (Wildman–Crippen LogP) is 2.08. The molecule has 19 heavy (non-hydrogen) atoms. The van der Waals surface area contributed by atoms with Gasteiger partial charge in [-0.2, -0.15) is 5.90 Å². The number of hydrogen-bond acceptors (Lipinski definition) is 5. The number of nitrogens with one attached hydrogen (secondary N) is 1. The zero-order chi connectivity index (χ0) is 13.5. The Hall–Kier alpha value is -2.60. The second kappa shape index (κ2) is 6.36. The first kappa shape index (κ1) is 12.8. The Morgan fingerprint density at radius 3 is 2.74 bits per heavy atom. The second-order valence-electron chi connectivity index (χ2n) is 3.66. The highest BCUT2D eigenvalue weighted by molar-refractivity contribution is 5.86. The van der Waals surface area contributed by atoms with Crippen molar-refractivity contribution in [2.75, 3.05) is 5.32 Å². The molecule has 0 radical (unpaired) electrons. The van der Waals surface area contributed by atoms with E-state index in [4.69, 9.17) is 10.6 Å². The number of carbonyl (C=O) groups is 1. The molecule has 1 aromatic heterocycles. The molecule has 0 saturated carbocycles. The number of ether oxygens (including phenoxy) is 1. The van der Waals surface area contributed by atoms with E-state index in [0.29, 0.717) is 5.69 Å². The first-order valence-corrected chi connectivity index (χ1v) is 5.59. The zero-order valence-electron chi connectivity index (χ0n) is 10.1. The van der Waals surface area contributed by atoms with Gasteiger partial charge in [-0.1, -0.05) is 30.3 Å². The van der Waals surface area contributed by atoms with Crippen LogP contribution in [0.1, 0.15) is 5.56 Å². The maximum absolute atomic E-state index is 11.6. The maximum Gasteiger partial charge on any atom is 0.412 e. The second-order valence-corrected chi connectivity index (χ2v) is 3.66. The summed E-state index contributed by atoms with van der Waals surface area (Å²) in [6.07, 6.45) is 0.901. The highest BCUT2D eigenvalue weighted by atomic mass is 16.6. The van der Waals surface area contributed by atoms with Gasteiger partial charge in [0.1, 0.15) is 12.3 Å². The summed E-state index contributed by atoms with van der Waals surface area (Å²) in [7, 11) is 0. The van der Waals surface area contributed by atoms with E-state index in [1.54, 1.807) is 12.1 Å². The van der Waals surface area contributed by atoms with Crippen molar-refractivity contribution in [3.63, 3.8) is 0 Å². The van der Waals surface area contributed by atoms with Crippen molar-refractivity contribution in [3.05, 3.63) is 54.2 Å². The van der Waals surface area contributed by atoms with Crippen molar-refractivity contribution in [2.45, 2.75) is 6.61 Å². The molecule has 0 bridgehead atoms. The topological polar surface area (TPSA) is 86.5 Å². The molecule has 6 heteroatoms. The highest BCUT2D eigenvalue weighted by Gasteiger charge is 2.09. The molecule has 1 heterocycles. The molecule has 6 nitrogen and oxygen atoms in total. The summed E-state index contributed by atoms with van der Waals surface area (Å²) in [5.74, 6) is 5.16. The van der Waals surface area contributed by atoms with Crippen LogP contribution in [0.25, 0.3) is 0 Å². The lowest BCUT2D eigenvalue weighted by atomic mass is 10.2. The zero-order valence-corrected chi connectivity index (χ0v) is 10.1. The van der Waals surface area contributed by atoms with Crippen LogP contribution in [0, 0.1) is 0 Å². The Kier molecular flexibility index (Phi) is 4.30. The van der Waals surface area contributed by atoms with Gasteiger partial charge in [-0.05, 0) is 17.7 Å². The van der Waals surface area contributed by atoms with Crippen LogP contribution in [0.2, 0.25) is 0 Å². The molecular weight excluding hydrogens is 246 g/mol. The van der Waals surface area contributed by atoms with Crippen LogP contribution in [0.15, 0.2) is 48.7 Å². The van der Waals surface area contributed by atoms with Gasteiger partial charge in [0.25, 0.3) is 5.88 Å². The summed E-state index contributed by atoms with van der Waals surface area (Å²) < 4.78 is 5.06. The van der Waals surface area contributed by atoms with Crippen molar-refractivity contribution in [1.29, 1.82) is 0 Å². The Bertz CT molecular complexity index is 546. The summed E-state index contributed by atoms with van der Waals surface area (Å²) >= 11 is 0. The van der Waals surface area contributed by atoms with Gasteiger partial charge >= 0.3 is 6.09 Å². The van der Waals surface area contributed by atoms with Gasteiger partial charge in [0, 0.05) is 6.20 Å². The monoisotopic (exact) mass is 259 g/mol. The fourth-order valence-electron chi connectivity index (χ4n) is 1.45. The molecule has 0 saturated heterocycles. The molecule has 1 amide bonds. The molecule has 0 aliphatic rings. The van der Waals surface area contributed by atoms with Gasteiger partial charge in [-0.15, -0.1) is 0 Å². The summed E-state index contributed by atoms with van der Waals surface area (Å²) in [5, 5.41) is 2.50. The highest BCUT2D eigenvalue weighted by Crippen LogP contribution is 2.19. The van der Waals surface area contributed by atoms with E-state index in [-0.39, 0.29) is 12.5 Å². The van der Waals surface area contributed by atoms with Crippen LogP contribution >= 0.6 is 0 Å². The lowest BCUT2D eigenvalue weighted by molar-refractivity contribution is 0.155. The van der Waals surface area contributed by atoms with Crippen molar-refractivity contribution in [3.8, 4) is 5.88 Å². The summed E-state index contributed by atoms with van der Waals surface area (Å²) in [6.45, 7) is 0.186. The molecule has 2 aromatic rings. The number of benzene rings is 1. The molecule has 0 aliphatic carbocycles. The molecule has 0 spiro atoms. The molecule has 98 valence electrons. The standard InChI is InChI=1S/C13H13N3O3/c14-19-12-11(7-4-8-15-12)16-13(17)18-9-10-5-2-1-3-6-10/h1-8H,9,14H2,(H,16,17). The lowest BCUT2D eigenvalue weighted by Gasteiger charge is -2.08. The van der Waals surface area contributed by atoms with E-state index >= 15 is 0 Å². The maximum atomic E-state index is 11.6. The van der Waals surface area contributed by atoms with E-state index < -0.39 is 6.09 Å². The van der Waals surface area contributed by atoms with Crippen LogP contribution < -0.4 is 16.1 Å². The number of rotatable bonds is 4. The lowest BCUT2D eigenvalue weighted by Crippen LogP contribution is -2.15. The Morgan fingerprint density at radius 2 is 2.00 bits per heavy atom. The Balaban J connectivity index is 1.91. The Morgan fingerprint density at radius 1 is 1.21 bits per heavy atom. The molecule has 0 aliphatic heterocycles. The van der Waals surface area contributed by atoms with Crippen LogP contribution in [0.4, 0.5) is 10.5 Å². The summed E-state index contributed by atoms with van der Waals surface area (Å²) in [6, 6.07) is 12.6. The minimum absolute atomic E-state index is 0.124. The molecule has 0 fully saturated rings. The number of nitrogens with zero attached hydrogens (tertiary/aromatic N) is 1. The first-order chi connectivity index (χ1) is 9.29. The van der Waals surface area contributed by atoms with Crippen molar-refractivity contribution in [2.24, 2.45) is 5.90 Å². The predicted molar refractivity (Wildman–Crippen MR) is 69.3 cm³/mol. The van der Waals surface area contributed by atoms with E-state index in [2.05, 4.69) is 15.1 Å². The fourth-order valence-corrected chi connectivity index (χ4v) is 1.45. The molecular formula is C13H13N3O3. The van der Waals surface area contributed by atoms with Crippen LogP contribution in [-0.2, 0) is 11.3 Å². The fraction of sp³-hybridized carbons (Fsp3) is 0.0769. The average molecular weight is 259 g/mol. The van der Waals surface area contributed by atoms with Gasteiger partial charge in [-0.25, -0.2) is 9.78 Å². The van der Waals surface area contributed by atoms with Crippen molar-refractivity contribution >= 4 is 11.8 Å². The first-order valence-electron chi connectivity index (χ1n) is 5.59. The molecule has 0 unspecified atom stereocenters. The van der Waals surface area contributed by atoms with Crippen LogP contribution in [-0.4, -0.2) is 11.1 Å². The summed E-state index contributed by atoms with van der Waals surface area (Å²) in [5.41, 5.74) is 1.25. The smallest absolute Gasteiger partial charge is 0.412 e. The number of pyridine rings is 1. The van der Waals surface area contributed by atoms with Gasteiger partial charge < -0.3 is 9.57 Å². The quantitative estimate of drug-likeness (QED) is 0.821. The van der Waals surface area contributed by atoms with E-state index in [0.717, 1.165) is 5.56 Å². The molecule has 3 N–H and O–H groups in total. The number of amides is 1. The van der Waals surface area contributed by atoms with Gasteiger partial charge in [0.15, 0.2) is 0 Å². The minimum Gasteiger partial charge on any atom is -0.444 e. The SMILES string of the molecule is NOc1ncccc1NC(=O)OCc1ccccc1. The number of carbonyl (C=O) groups excluding carboxylic acids is 1. The third-order valence-electron chi connectivity index (χ3n) is 2.33. The summed E-state index contributed by atoms with van der Waals surface area (Å²) in [4.78, 5) is 20.0. The molecule has 2 rings (SSSR count). The molecule has 1 aromatic carbocycles. The average Bonchev–Trinajstić information content (AvgIpc) is 2.47. The number of hydrogen-bond donors (Lipinski definition) is 2. The van der Waals surface area contributed by atoms with Crippen LogP contribution in [0.5, 0.6) is 5.88 Å². The number of nitrogens with two attached hydrogens (primary N) is 1. The Labute approximate surface area is 110 Å². The van der Waals surface area contributed by atoms with Gasteiger partial charge in [0.2, 0.25) is 0 Å². The van der Waals surface area contributed by atoms with E-state index in [1.807, 2.05) is 30.3 Å². The minimum atomic E-state index is -0.602. The van der Waals surface area contributed by atoms with Crippen molar-refractivity contribution in [1.82, 2.24) is 4.98 Å².